The molecule has 0 saturated carbocycles. The molecule has 1 heterocycles. The Balaban J connectivity index is 1.88. The van der Waals surface area contributed by atoms with Gasteiger partial charge in [0.05, 0.1) is 0 Å². The first-order valence-corrected chi connectivity index (χ1v) is 7.35. The Kier molecular flexibility index (Phi) is 2.83. The molecule has 2 nitrogen and oxygen atoms in total. The number of fused-ring (bicyclic) bond motifs is 3. The van der Waals surface area contributed by atoms with E-state index in [2.05, 4.69) is 17.1 Å². The molecular formula is C20H15NO. The van der Waals surface area contributed by atoms with Crippen LogP contribution >= 0.6 is 0 Å². The Hall–Kier alpha value is -2.87. The number of aryl methyl sites for hydroxylation is 1. The molecule has 3 aromatic carbocycles. The van der Waals surface area contributed by atoms with E-state index in [0.29, 0.717) is 5.56 Å². The van der Waals surface area contributed by atoms with E-state index < -0.39 is 0 Å². The topological polar surface area (TPSA) is 32.9 Å². The second-order valence-electron chi connectivity index (χ2n) is 5.57. The lowest BCUT2D eigenvalue weighted by molar-refractivity contribution is 0.103. The molecule has 1 N–H and O–H groups in total. The minimum Gasteiger partial charge on any atom is -0.354 e. The Bertz CT molecular complexity index is 1010. The van der Waals surface area contributed by atoms with E-state index in [-0.39, 0.29) is 5.78 Å². The Morgan fingerprint density at radius 1 is 0.818 bits per heavy atom. The smallest absolute Gasteiger partial charge is 0.193 e. The highest BCUT2D eigenvalue weighted by Crippen LogP contribution is 2.26. The number of benzene rings is 3. The van der Waals surface area contributed by atoms with Crippen LogP contribution in [0.3, 0.4) is 0 Å². The number of hydrogen-bond donors (Lipinski definition) is 1. The molecule has 22 heavy (non-hydrogen) atoms. The molecule has 0 amide bonds. The van der Waals surface area contributed by atoms with Crippen molar-refractivity contribution in [2.45, 2.75) is 6.92 Å². The van der Waals surface area contributed by atoms with Crippen molar-refractivity contribution in [2.24, 2.45) is 0 Å². The van der Waals surface area contributed by atoms with Crippen LogP contribution in [-0.2, 0) is 0 Å². The number of ketones is 1. The van der Waals surface area contributed by atoms with E-state index in [9.17, 15) is 4.79 Å². The lowest BCUT2D eigenvalue weighted by atomic mass is 9.98. The Labute approximate surface area is 128 Å². The predicted octanol–water partition coefficient (Wildman–Crippen LogP) is 4.86. The van der Waals surface area contributed by atoms with Crippen LogP contribution in [0, 0.1) is 6.92 Å². The summed E-state index contributed by atoms with van der Waals surface area (Å²) in [6, 6.07) is 21.8. The average molecular weight is 285 g/mol. The van der Waals surface area contributed by atoms with Crippen LogP contribution in [0.2, 0.25) is 0 Å². The van der Waals surface area contributed by atoms with Crippen molar-refractivity contribution < 1.29 is 4.79 Å². The molecule has 0 fully saturated rings. The fraction of sp³-hybridized carbons (Fsp3) is 0.0500. The summed E-state index contributed by atoms with van der Waals surface area (Å²) in [4.78, 5) is 16.1. The molecule has 0 aliphatic heterocycles. The number of nitrogens with one attached hydrogen (secondary N) is 1. The SMILES string of the molecule is Cc1ccccc1C(=O)c1ccc2c(c1)[nH]c1ccccc12. The lowest BCUT2D eigenvalue weighted by Gasteiger charge is -2.05. The molecular weight excluding hydrogens is 270 g/mol. The molecule has 1 aromatic heterocycles. The molecule has 2 heteroatoms. The van der Waals surface area contributed by atoms with Crippen molar-refractivity contribution in [1.82, 2.24) is 4.98 Å². The van der Waals surface area contributed by atoms with E-state index in [1.54, 1.807) is 0 Å². The molecule has 4 aromatic rings. The first-order chi connectivity index (χ1) is 10.7. The first kappa shape index (κ1) is 12.8. The second kappa shape index (κ2) is 4.85. The number of hydrogen-bond acceptors (Lipinski definition) is 1. The summed E-state index contributed by atoms with van der Waals surface area (Å²) in [5.74, 6) is 0.0682. The van der Waals surface area contributed by atoms with Gasteiger partial charge in [0.25, 0.3) is 0 Å². The maximum Gasteiger partial charge on any atom is 0.193 e. The van der Waals surface area contributed by atoms with E-state index in [4.69, 9.17) is 0 Å². The van der Waals surface area contributed by atoms with Crippen molar-refractivity contribution >= 4 is 27.6 Å². The highest BCUT2D eigenvalue weighted by molar-refractivity contribution is 6.14. The summed E-state index contributed by atoms with van der Waals surface area (Å²) < 4.78 is 0. The van der Waals surface area contributed by atoms with Crippen LogP contribution in [0.4, 0.5) is 0 Å². The molecule has 0 atom stereocenters. The zero-order valence-corrected chi connectivity index (χ0v) is 12.3. The van der Waals surface area contributed by atoms with Gasteiger partial charge >= 0.3 is 0 Å². The largest absolute Gasteiger partial charge is 0.354 e. The summed E-state index contributed by atoms with van der Waals surface area (Å²) in [7, 11) is 0. The lowest BCUT2D eigenvalue weighted by Crippen LogP contribution is -2.03. The molecule has 0 aliphatic rings. The van der Waals surface area contributed by atoms with Gasteiger partial charge in [-0.3, -0.25) is 4.79 Å². The summed E-state index contributed by atoms with van der Waals surface area (Å²) in [5, 5.41) is 2.34. The molecule has 0 radical (unpaired) electrons. The third kappa shape index (κ3) is 1.92. The van der Waals surface area contributed by atoms with Crippen molar-refractivity contribution in [3.05, 3.63) is 83.4 Å². The van der Waals surface area contributed by atoms with E-state index in [0.717, 1.165) is 27.5 Å². The van der Waals surface area contributed by atoms with Crippen LogP contribution in [0.1, 0.15) is 21.5 Å². The van der Waals surface area contributed by atoms with Crippen molar-refractivity contribution in [2.75, 3.05) is 0 Å². The number of H-pyrrole nitrogens is 1. The zero-order valence-electron chi connectivity index (χ0n) is 12.3. The monoisotopic (exact) mass is 285 g/mol. The van der Waals surface area contributed by atoms with E-state index in [1.807, 2.05) is 61.5 Å². The second-order valence-corrected chi connectivity index (χ2v) is 5.57. The molecule has 0 aliphatic carbocycles. The minimum atomic E-state index is 0.0682. The highest BCUT2D eigenvalue weighted by atomic mass is 16.1. The third-order valence-corrected chi connectivity index (χ3v) is 4.16. The van der Waals surface area contributed by atoms with Crippen LogP contribution in [0.5, 0.6) is 0 Å². The fourth-order valence-electron chi connectivity index (χ4n) is 2.98. The summed E-state index contributed by atoms with van der Waals surface area (Å²) >= 11 is 0. The fourth-order valence-corrected chi connectivity index (χ4v) is 2.98. The van der Waals surface area contributed by atoms with Gasteiger partial charge in [0.2, 0.25) is 0 Å². The normalized spacial score (nSPS) is 11.1. The van der Waals surface area contributed by atoms with Gasteiger partial charge in [-0.05, 0) is 24.6 Å². The standard InChI is InChI=1S/C20H15NO/c1-13-6-2-3-7-15(13)20(22)14-10-11-17-16-8-4-5-9-18(16)21-19(17)12-14/h2-12,21H,1H3. The van der Waals surface area contributed by atoms with Gasteiger partial charge in [-0.2, -0.15) is 0 Å². The average Bonchev–Trinajstić information content (AvgIpc) is 2.92. The maximum absolute atomic E-state index is 12.7. The van der Waals surface area contributed by atoms with Gasteiger partial charge in [0.15, 0.2) is 5.78 Å². The van der Waals surface area contributed by atoms with Crippen molar-refractivity contribution in [1.29, 1.82) is 0 Å². The van der Waals surface area contributed by atoms with Crippen LogP contribution in [0.25, 0.3) is 21.8 Å². The third-order valence-electron chi connectivity index (χ3n) is 4.16. The molecule has 0 bridgehead atoms. The van der Waals surface area contributed by atoms with Crippen molar-refractivity contribution in [3.8, 4) is 0 Å². The number of carbonyl (C=O) groups is 1. The number of rotatable bonds is 2. The Morgan fingerprint density at radius 3 is 2.41 bits per heavy atom. The van der Waals surface area contributed by atoms with Gasteiger partial charge in [-0.25, -0.2) is 0 Å². The summed E-state index contributed by atoms with van der Waals surface area (Å²) in [6.07, 6.45) is 0. The quantitative estimate of drug-likeness (QED) is 0.524. The molecule has 106 valence electrons. The summed E-state index contributed by atoms with van der Waals surface area (Å²) in [5.41, 5.74) is 4.58. The minimum absolute atomic E-state index is 0.0682. The number of para-hydroxylation sites is 1. The number of carbonyl (C=O) groups excluding carboxylic acids is 1. The first-order valence-electron chi connectivity index (χ1n) is 7.35. The molecule has 0 spiro atoms. The van der Waals surface area contributed by atoms with E-state index >= 15 is 0 Å². The molecule has 4 rings (SSSR count). The van der Waals surface area contributed by atoms with E-state index in [1.165, 1.54) is 5.39 Å². The zero-order chi connectivity index (χ0) is 15.1. The van der Waals surface area contributed by atoms with Crippen LogP contribution < -0.4 is 0 Å². The predicted molar refractivity (Wildman–Crippen MR) is 90.4 cm³/mol. The number of aromatic amines is 1. The highest BCUT2D eigenvalue weighted by Gasteiger charge is 2.13. The van der Waals surface area contributed by atoms with Gasteiger partial charge in [0, 0.05) is 32.9 Å². The molecule has 0 unspecified atom stereocenters. The van der Waals surface area contributed by atoms with Gasteiger partial charge in [0.1, 0.15) is 0 Å². The van der Waals surface area contributed by atoms with Gasteiger partial charge < -0.3 is 4.98 Å². The van der Waals surface area contributed by atoms with Gasteiger partial charge in [-0.1, -0.05) is 54.6 Å². The van der Waals surface area contributed by atoms with Gasteiger partial charge in [-0.15, -0.1) is 0 Å². The number of aromatic nitrogens is 1. The van der Waals surface area contributed by atoms with Crippen molar-refractivity contribution in [3.63, 3.8) is 0 Å². The van der Waals surface area contributed by atoms with Crippen LogP contribution in [-0.4, -0.2) is 10.8 Å². The van der Waals surface area contributed by atoms with Crippen LogP contribution in [0.15, 0.2) is 66.7 Å². The summed E-state index contributed by atoms with van der Waals surface area (Å²) in [6.45, 7) is 1.97. The Morgan fingerprint density at radius 2 is 1.55 bits per heavy atom. The maximum atomic E-state index is 12.7. The molecule has 0 saturated heterocycles.